The van der Waals surface area contributed by atoms with E-state index in [2.05, 4.69) is 15.2 Å². The number of aromatic amines is 1. The first-order chi connectivity index (χ1) is 13.6. The first-order valence-electron chi connectivity index (χ1n) is 8.34. The molecule has 0 amide bonds. The smallest absolute Gasteiger partial charge is 0.174 e. The van der Waals surface area contributed by atoms with Crippen molar-refractivity contribution in [3.05, 3.63) is 84.9 Å². The molecule has 0 aliphatic rings. The maximum absolute atomic E-state index is 13.4. The highest BCUT2D eigenvalue weighted by atomic mass is 32.2. The van der Waals surface area contributed by atoms with Gasteiger partial charge in [-0.1, -0.05) is 18.2 Å². The van der Waals surface area contributed by atoms with Crippen molar-refractivity contribution in [3.8, 4) is 22.4 Å². The van der Waals surface area contributed by atoms with Crippen molar-refractivity contribution in [1.29, 1.82) is 0 Å². The van der Waals surface area contributed by atoms with Gasteiger partial charge in [0.25, 0.3) is 0 Å². The molecule has 1 N–H and O–H groups in total. The van der Waals surface area contributed by atoms with Crippen molar-refractivity contribution in [1.82, 2.24) is 15.2 Å². The number of hydrogen-bond donors (Lipinski definition) is 1. The van der Waals surface area contributed by atoms with Crippen molar-refractivity contribution in [3.63, 3.8) is 0 Å². The molecule has 140 valence electrons. The van der Waals surface area contributed by atoms with Gasteiger partial charge in [0.1, 0.15) is 5.82 Å². The van der Waals surface area contributed by atoms with Crippen LogP contribution in [-0.2, 0) is 11.3 Å². The standard InChI is InChI=1S/C20H15FN4O2S/c21-16-8-6-15(7-9-16)19-18(14-10-12-22-13-11-14)20(24-23-19)25(28(26)27)17-4-2-1-3-5-17/h1-13H,(H,23,24)(H,26,27)/p-1. The summed E-state index contributed by atoms with van der Waals surface area (Å²) in [7, 11) is 0. The lowest BCUT2D eigenvalue weighted by molar-refractivity contribution is 0.537. The summed E-state index contributed by atoms with van der Waals surface area (Å²) in [5.41, 5.74) is 3.00. The van der Waals surface area contributed by atoms with Crippen molar-refractivity contribution in [2.75, 3.05) is 4.31 Å². The molecule has 6 nitrogen and oxygen atoms in total. The van der Waals surface area contributed by atoms with E-state index in [1.54, 1.807) is 67.0 Å². The third-order valence-corrected chi connectivity index (χ3v) is 4.86. The summed E-state index contributed by atoms with van der Waals surface area (Å²) in [6.07, 6.45) is 3.23. The second-order valence-corrected chi connectivity index (χ2v) is 6.69. The Balaban J connectivity index is 1.95. The van der Waals surface area contributed by atoms with Gasteiger partial charge in [0, 0.05) is 18.0 Å². The fourth-order valence-electron chi connectivity index (χ4n) is 2.94. The van der Waals surface area contributed by atoms with Gasteiger partial charge in [0.05, 0.1) is 28.2 Å². The molecule has 2 aromatic carbocycles. The number of H-pyrrole nitrogens is 1. The minimum Gasteiger partial charge on any atom is -0.755 e. The van der Waals surface area contributed by atoms with E-state index in [0.717, 1.165) is 9.87 Å². The second kappa shape index (κ2) is 7.71. The Hall–Kier alpha value is -3.36. The lowest BCUT2D eigenvalue weighted by Gasteiger charge is -2.25. The number of nitrogens with zero attached hydrogens (tertiary/aromatic N) is 3. The van der Waals surface area contributed by atoms with Gasteiger partial charge in [-0.3, -0.25) is 18.6 Å². The van der Waals surface area contributed by atoms with Gasteiger partial charge in [-0.2, -0.15) is 5.10 Å². The molecule has 0 bridgehead atoms. The fraction of sp³-hybridized carbons (Fsp3) is 0. The van der Waals surface area contributed by atoms with Crippen LogP contribution in [0.1, 0.15) is 0 Å². The van der Waals surface area contributed by atoms with Crippen LogP contribution in [0, 0.1) is 5.82 Å². The minimum absolute atomic E-state index is 0.213. The number of pyridine rings is 1. The molecule has 1 atom stereocenters. The Morgan fingerprint density at radius 3 is 2.25 bits per heavy atom. The number of benzene rings is 2. The van der Waals surface area contributed by atoms with Gasteiger partial charge < -0.3 is 4.55 Å². The highest BCUT2D eigenvalue weighted by Gasteiger charge is 2.23. The van der Waals surface area contributed by atoms with Crippen molar-refractivity contribution < 1.29 is 13.2 Å². The van der Waals surface area contributed by atoms with E-state index < -0.39 is 11.3 Å². The second-order valence-electron chi connectivity index (χ2n) is 5.89. The number of anilines is 2. The molecule has 4 aromatic rings. The molecular formula is C20H14FN4O2S-. The average Bonchev–Trinajstić information content (AvgIpc) is 3.14. The van der Waals surface area contributed by atoms with E-state index >= 15 is 0 Å². The van der Waals surface area contributed by atoms with Crippen LogP contribution >= 0.6 is 0 Å². The zero-order valence-corrected chi connectivity index (χ0v) is 15.3. The molecule has 28 heavy (non-hydrogen) atoms. The normalized spacial score (nSPS) is 11.9. The topological polar surface area (TPSA) is 84.9 Å². The summed E-state index contributed by atoms with van der Waals surface area (Å²) in [5.74, 6) is -0.148. The van der Waals surface area contributed by atoms with Crippen molar-refractivity contribution in [2.45, 2.75) is 0 Å². The summed E-state index contributed by atoms with van der Waals surface area (Å²) in [4.78, 5) is 4.02. The van der Waals surface area contributed by atoms with E-state index in [4.69, 9.17) is 0 Å². The first-order valence-corrected chi connectivity index (χ1v) is 9.37. The number of rotatable bonds is 5. The molecular weight excluding hydrogens is 379 g/mol. The Labute approximate surface area is 163 Å². The molecule has 2 heterocycles. The van der Waals surface area contributed by atoms with Crippen LogP contribution in [0.5, 0.6) is 0 Å². The first kappa shape index (κ1) is 18.0. The van der Waals surface area contributed by atoms with Gasteiger partial charge in [-0.05, 0) is 54.1 Å². The van der Waals surface area contributed by atoms with Crippen LogP contribution in [0.3, 0.4) is 0 Å². The molecule has 4 rings (SSSR count). The Morgan fingerprint density at radius 2 is 1.61 bits per heavy atom. The average molecular weight is 393 g/mol. The lowest BCUT2D eigenvalue weighted by atomic mass is 10.0. The summed E-state index contributed by atoms with van der Waals surface area (Å²) in [6, 6.07) is 18.1. The highest BCUT2D eigenvalue weighted by Crippen LogP contribution is 2.40. The molecule has 0 radical (unpaired) electrons. The van der Waals surface area contributed by atoms with E-state index in [1.165, 1.54) is 12.1 Å². The fourth-order valence-corrected chi connectivity index (χ4v) is 3.51. The van der Waals surface area contributed by atoms with Crippen molar-refractivity contribution in [2.24, 2.45) is 0 Å². The van der Waals surface area contributed by atoms with E-state index in [0.29, 0.717) is 22.5 Å². The van der Waals surface area contributed by atoms with Crippen LogP contribution in [0.2, 0.25) is 0 Å². The third kappa shape index (κ3) is 3.42. The number of hydrogen-bond acceptors (Lipinski definition) is 4. The number of aromatic nitrogens is 3. The third-order valence-electron chi connectivity index (χ3n) is 4.18. The summed E-state index contributed by atoms with van der Waals surface area (Å²) >= 11 is -2.61. The lowest BCUT2D eigenvalue weighted by Crippen LogP contribution is -2.20. The summed E-state index contributed by atoms with van der Waals surface area (Å²) in [5, 5.41) is 7.19. The Bertz CT molecular complexity index is 1100. The maximum Gasteiger partial charge on any atom is 0.174 e. The zero-order valence-electron chi connectivity index (χ0n) is 14.4. The Morgan fingerprint density at radius 1 is 0.929 bits per heavy atom. The minimum atomic E-state index is -2.61. The molecule has 0 fully saturated rings. The quantitative estimate of drug-likeness (QED) is 0.515. The largest absolute Gasteiger partial charge is 0.755 e. The summed E-state index contributed by atoms with van der Waals surface area (Å²) < 4.78 is 38.6. The predicted molar refractivity (Wildman–Crippen MR) is 105 cm³/mol. The zero-order chi connectivity index (χ0) is 19.5. The van der Waals surface area contributed by atoms with Gasteiger partial charge in [-0.15, -0.1) is 0 Å². The Kier molecular flexibility index (Phi) is 4.96. The van der Waals surface area contributed by atoms with Crippen LogP contribution in [0.25, 0.3) is 22.4 Å². The molecule has 0 saturated heterocycles. The maximum atomic E-state index is 13.4. The number of nitrogens with one attached hydrogen (secondary N) is 1. The van der Waals surface area contributed by atoms with Gasteiger partial charge in [0.2, 0.25) is 0 Å². The van der Waals surface area contributed by atoms with Crippen LogP contribution in [-0.4, -0.2) is 23.9 Å². The van der Waals surface area contributed by atoms with Crippen molar-refractivity contribution >= 4 is 22.8 Å². The van der Waals surface area contributed by atoms with Crippen LogP contribution in [0.15, 0.2) is 79.1 Å². The van der Waals surface area contributed by atoms with Gasteiger partial charge in [0.15, 0.2) is 5.82 Å². The van der Waals surface area contributed by atoms with E-state index in [9.17, 15) is 13.2 Å². The molecule has 0 aliphatic heterocycles. The molecule has 0 spiro atoms. The molecule has 2 aromatic heterocycles. The number of para-hydroxylation sites is 1. The van der Waals surface area contributed by atoms with Crippen LogP contribution in [0.4, 0.5) is 15.9 Å². The molecule has 0 saturated carbocycles. The predicted octanol–water partition coefficient (Wildman–Crippen LogP) is 4.21. The monoisotopic (exact) mass is 393 g/mol. The molecule has 1 unspecified atom stereocenters. The highest BCUT2D eigenvalue weighted by molar-refractivity contribution is 7.81. The SMILES string of the molecule is O=S([O-])N(c1ccccc1)c1n[nH]c(-c2ccc(F)cc2)c1-c1ccncc1. The van der Waals surface area contributed by atoms with Crippen LogP contribution < -0.4 is 4.31 Å². The van der Waals surface area contributed by atoms with E-state index in [1.807, 2.05) is 0 Å². The van der Waals surface area contributed by atoms with E-state index in [-0.39, 0.29) is 11.6 Å². The molecule has 0 aliphatic carbocycles. The number of halogens is 1. The van der Waals surface area contributed by atoms with Gasteiger partial charge >= 0.3 is 0 Å². The van der Waals surface area contributed by atoms with Gasteiger partial charge in [-0.25, -0.2) is 4.39 Å². The summed E-state index contributed by atoms with van der Waals surface area (Å²) in [6.45, 7) is 0. The molecule has 8 heteroatoms.